The van der Waals surface area contributed by atoms with E-state index in [-0.39, 0.29) is 0 Å². The number of rotatable bonds is 5. The summed E-state index contributed by atoms with van der Waals surface area (Å²) in [4.78, 5) is 0.816. The predicted octanol–water partition coefficient (Wildman–Crippen LogP) is 3.65. The van der Waals surface area contributed by atoms with Crippen LogP contribution < -0.4 is 4.74 Å². The number of nitrogens with zero attached hydrogens (tertiary/aromatic N) is 4. The van der Waals surface area contributed by atoms with E-state index in [0.717, 1.165) is 39.9 Å². The standard InChI is InChI=1S/C18H16N4OS/c1-23-15-9-5-8-14(12-15)17-21-22-16(19-20-18(22)24-17)11-10-13-6-3-2-4-7-13/h2-9,12H,10-11H2,1H3. The molecule has 0 aliphatic carbocycles. The van der Waals surface area contributed by atoms with Crippen LogP contribution in [0.1, 0.15) is 11.4 Å². The van der Waals surface area contributed by atoms with Gasteiger partial charge < -0.3 is 4.74 Å². The third kappa shape index (κ3) is 2.88. The molecule has 24 heavy (non-hydrogen) atoms. The van der Waals surface area contributed by atoms with E-state index in [1.807, 2.05) is 34.8 Å². The zero-order chi connectivity index (χ0) is 16.4. The van der Waals surface area contributed by atoms with Gasteiger partial charge in [-0.05, 0) is 24.1 Å². The Morgan fingerprint density at radius 1 is 1.00 bits per heavy atom. The fourth-order valence-corrected chi connectivity index (χ4v) is 3.44. The minimum Gasteiger partial charge on any atom is -0.497 e. The van der Waals surface area contributed by atoms with Crippen LogP contribution in [0.25, 0.3) is 15.5 Å². The number of hydrogen-bond acceptors (Lipinski definition) is 5. The lowest BCUT2D eigenvalue weighted by atomic mass is 10.1. The van der Waals surface area contributed by atoms with E-state index in [0.29, 0.717) is 0 Å². The molecule has 4 rings (SSSR count). The maximum absolute atomic E-state index is 5.29. The van der Waals surface area contributed by atoms with Crippen molar-refractivity contribution < 1.29 is 4.74 Å². The summed E-state index contributed by atoms with van der Waals surface area (Å²) < 4.78 is 7.13. The van der Waals surface area contributed by atoms with Gasteiger partial charge in [-0.3, -0.25) is 0 Å². The maximum Gasteiger partial charge on any atom is 0.234 e. The summed E-state index contributed by atoms with van der Waals surface area (Å²) in [6, 6.07) is 18.3. The lowest BCUT2D eigenvalue weighted by Crippen LogP contribution is -1.99. The van der Waals surface area contributed by atoms with Gasteiger partial charge in [0.25, 0.3) is 0 Å². The Balaban J connectivity index is 1.61. The number of ether oxygens (including phenoxy) is 1. The second-order valence-electron chi connectivity index (χ2n) is 5.44. The van der Waals surface area contributed by atoms with Crippen LogP contribution in [0.15, 0.2) is 54.6 Å². The van der Waals surface area contributed by atoms with Crippen molar-refractivity contribution in [3.05, 3.63) is 66.0 Å². The van der Waals surface area contributed by atoms with Gasteiger partial charge in [-0.25, -0.2) is 0 Å². The molecular weight excluding hydrogens is 320 g/mol. The van der Waals surface area contributed by atoms with Crippen molar-refractivity contribution in [3.63, 3.8) is 0 Å². The van der Waals surface area contributed by atoms with E-state index >= 15 is 0 Å². The number of aryl methyl sites for hydroxylation is 2. The van der Waals surface area contributed by atoms with Gasteiger partial charge in [-0.2, -0.15) is 9.61 Å². The Labute approximate surface area is 143 Å². The number of methoxy groups -OCH3 is 1. The van der Waals surface area contributed by atoms with Crippen molar-refractivity contribution in [1.29, 1.82) is 0 Å². The van der Waals surface area contributed by atoms with Crippen LogP contribution in [0, 0.1) is 0 Å². The highest BCUT2D eigenvalue weighted by Crippen LogP contribution is 2.28. The SMILES string of the molecule is COc1cccc(-c2nn3c(CCc4ccccc4)nnc3s2)c1. The number of aromatic nitrogens is 4. The molecule has 0 N–H and O–H groups in total. The molecule has 6 heteroatoms. The highest BCUT2D eigenvalue weighted by Gasteiger charge is 2.13. The quantitative estimate of drug-likeness (QED) is 0.558. The Morgan fingerprint density at radius 3 is 2.71 bits per heavy atom. The minimum absolute atomic E-state index is 0.812. The smallest absolute Gasteiger partial charge is 0.234 e. The minimum atomic E-state index is 0.812. The molecule has 0 saturated carbocycles. The van der Waals surface area contributed by atoms with Crippen LogP contribution in [0.4, 0.5) is 0 Å². The van der Waals surface area contributed by atoms with Crippen molar-refractivity contribution >= 4 is 16.3 Å². The summed E-state index contributed by atoms with van der Waals surface area (Å²) in [7, 11) is 1.67. The predicted molar refractivity (Wildman–Crippen MR) is 94.5 cm³/mol. The van der Waals surface area contributed by atoms with Crippen molar-refractivity contribution in [1.82, 2.24) is 19.8 Å². The Kier molecular flexibility index (Phi) is 3.96. The molecule has 5 nitrogen and oxygen atoms in total. The molecule has 0 fully saturated rings. The summed E-state index contributed by atoms with van der Waals surface area (Å²) in [5.41, 5.74) is 2.32. The first-order valence-corrected chi connectivity index (χ1v) is 8.54. The van der Waals surface area contributed by atoms with Gasteiger partial charge in [-0.1, -0.05) is 53.8 Å². The zero-order valence-electron chi connectivity index (χ0n) is 13.2. The van der Waals surface area contributed by atoms with Crippen molar-refractivity contribution in [3.8, 4) is 16.3 Å². The maximum atomic E-state index is 5.29. The molecule has 0 saturated heterocycles. The zero-order valence-corrected chi connectivity index (χ0v) is 14.0. The fraction of sp³-hybridized carbons (Fsp3) is 0.167. The molecule has 2 aromatic heterocycles. The highest BCUT2D eigenvalue weighted by molar-refractivity contribution is 7.19. The average Bonchev–Trinajstić information content (AvgIpc) is 3.22. The lowest BCUT2D eigenvalue weighted by Gasteiger charge is -2.01. The number of fused-ring (bicyclic) bond motifs is 1. The van der Waals surface area contributed by atoms with Crippen molar-refractivity contribution in [2.75, 3.05) is 7.11 Å². The second kappa shape index (κ2) is 6.41. The Bertz CT molecular complexity index is 961. The Morgan fingerprint density at radius 2 is 1.88 bits per heavy atom. The van der Waals surface area contributed by atoms with Crippen LogP contribution in [0.5, 0.6) is 5.75 Å². The van der Waals surface area contributed by atoms with Crippen molar-refractivity contribution in [2.24, 2.45) is 0 Å². The van der Waals surface area contributed by atoms with E-state index in [1.165, 1.54) is 16.9 Å². The largest absolute Gasteiger partial charge is 0.497 e. The van der Waals surface area contributed by atoms with E-state index in [9.17, 15) is 0 Å². The van der Waals surface area contributed by atoms with E-state index in [1.54, 1.807) is 7.11 Å². The van der Waals surface area contributed by atoms with Crippen LogP contribution >= 0.6 is 11.3 Å². The van der Waals surface area contributed by atoms with Gasteiger partial charge in [0.15, 0.2) is 5.82 Å². The monoisotopic (exact) mass is 336 g/mol. The summed E-state index contributed by atoms with van der Waals surface area (Å²) in [6.45, 7) is 0. The Hall–Kier alpha value is -2.73. The molecule has 0 radical (unpaired) electrons. The summed E-state index contributed by atoms with van der Waals surface area (Å²) in [6.07, 6.45) is 1.74. The van der Waals surface area contributed by atoms with Gasteiger partial charge in [0.1, 0.15) is 10.8 Å². The van der Waals surface area contributed by atoms with Gasteiger partial charge in [-0.15, -0.1) is 10.2 Å². The van der Waals surface area contributed by atoms with Gasteiger partial charge in [0.2, 0.25) is 4.96 Å². The molecule has 2 heterocycles. The van der Waals surface area contributed by atoms with E-state index in [2.05, 4.69) is 39.6 Å². The van der Waals surface area contributed by atoms with Gasteiger partial charge in [0.05, 0.1) is 7.11 Å². The van der Waals surface area contributed by atoms with Crippen LogP contribution in [-0.2, 0) is 12.8 Å². The molecule has 0 atom stereocenters. The number of benzene rings is 2. The molecule has 0 amide bonds. The topological polar surface area (TPSA) is 52.3 Å². The normalized spacial score (nSPS) is 11.0. The van der Waals surface area contributed by atoms with Crippen LogP contribution in [-0.4, -0.2) is 26.9 Å². The molecule has 0 unspecified atom stereocenters. The molecule has 0 aliphatic rings. The third-order valence-corrected chi connectivity index (χ3v) is 4.80. The average molecular weight is 336 g/mol. The summed E-state index contributed by atoms with van der Waals surface area (Å²) >= 11 is 1.53. The molecule has 4 aromatic rings. The van der Waals surface area contributed by atoms with Crippen LogP contribution in [0.2, 0.25) is 0 Å². The first kappa shape index (κ1) is 14.8. The summed E-state index contributed by atoms with van der Waals surface area (Å²) in [5.74, 6) is 1.71. The molecular formula is C18H16N4OS. The molecule has 0 aliphatic heterocycles. The van der Waals surface area contributed by atoms with E-state index in [4.69, 9.17) is 4.74 Å². The number of hydrogen-bond donors (Lipinski definition) is 0. The molecule has 0 bridgehead atoms. The van der Waals surface area contributed by atoms with Gasteiger partial charge in [0, 0.05) is 12.0 Å². The second-order valence-corrected chi connectivity index (χ2v) is 6.39. The van der Waals surface area contributed by atoms with Crippen LogP contribution in [0.3, 0.4) is 0 Å². The molecule has 120 valence electrons. The first-order valence-electron chi connectivity index (χ1n) is 7.73. The highest BCUT2D eigenvalue weighted by atomic mass is 32.1. The molecule has 0 spiro atoms. The van der Waals surface area contributed by atoms with E-state index < -0.39 is 0 Å². The van der Waals surface area contributed by atoms with Gasteiger partial charge >= 0.3 is 0 Å². The fourth-order valence-electron chi connectivity index (χ4n) is 2.59. The summed E-state index contributed by atoms with van der Waals surface area (Å²) in [5, 5.41) is 14.1. The lowest BCUT2D eigenvalue weighted by molar-refractivity contribution is 0.415. The molecule has 2 aromatic carbocycles. The third-order valence-electron chi connectivity index (χ3n) is 3.85. The van der Waals surface area contributed by atoms with Crippen molar-refractivity contribution in [2.45, 2.75) is 12.8 Å². The first-order chi connectivity index (χ1) is 11.8.